The van der Waals surface area contributed by atoms with Crippen LogP contribution in [0.1, 0.15) is 31.4 Å². The number of hydrogen-bond acceptors (Lipinski definition) is 2. The number of fused-ring (bicyclic) bond motifs is 2. The minimum atomic E-state index is 0.0762. The predicted octanol–water partition coefficient (Wildman–Crippen LogP) is 4.24. The van der Waals surface area contributed by atoms with Crippen molar-refractivity contribution in [2.75, 3.05) is 11.4 Å². The van der Waals surface area contributed by atoms with E-state index in [2.05, 4.69) is 54.9 Å². The molecular weight excluding hydrogens is 310 g/mol. The summed E-state index contributed by atoms with van der Waals surface area (Å²) in [7, 11) is 0. The van der Waals surface area contributed by atoms with Gasteiger partial charge in [0.05, 0.1) is 5.69 Å². The molecule has 2 aromatic heterocycles. The van der Waals surface area contributed by atoms with E-state index in [1.54, 1.807) is 0 Å². The fourth-order valence-corrected chi connectivity index (χ4v) is 3.47. The van der Waals surface area contributed by atoms with E-state index < -0.39 is 0 Å². The van der Waals surface area contributed by atoms with Crippen molar-refractivity contribution in [3.63, 3.8) is 0 Å². The smallest absolute Gasteiger partial charge is 0.229 e. The first kappa shape index (κ1) is 15.9. The molecule has 0 aliphatic carbocycles. The van der Waals surface area contributed by atoms with Crippen LogP contribution in [0.25, 0.3) is 16.9 Å². The summed E-state index contributed by atoms with van der Waals surface area (Å²) in [5.41, 5.74) is 6.55. The van der Waals surface area contributed by atoms with Gasteiger partial charge in [0.15, 0.2) is 0 Å². The first-order valence-corrected chi connectivity index (χ1v) is 8.97. The third-order valence-electron chi connectivity index (χ3n) is 5.17. The minimum absolute atomic E-state index is 0.0762. The van der Waals surface area contributed by atoms with Crippen LogP contribution in [0.15, 0.2) is 42.7 Å². The number of nitrogens with zero attached hydrogens (tertiary/aromatic N) is 3. The first-order chi connectivity index (χ1) is 12.1. The van der Waals surface area contributed by atoms with Crippen LogP contribution in [0, 0.1) is 12.8 Å². The van der Waals surface area contributed by atoms with Crippen molar-refractivity contribution >= 4 is 17.2 Å². The Hall–Kier alpha value is -2.62. The summed E-state index contributed by atoms with van der Waals surface area (Å²) in [6.45, 7) is 6.94. The van der Waals surface area contributed by atoms with Crippen LogP contribution in [0.4, 0.5) is 5.69 Å². The zero-order valence-corrected chi connectivity index (χ0v) is 15.0. The number of amides is 1. The number of imidazole rings is 1. The summed E-state index contributed by atoms with van der Waals surface area (Å²) >= 11 is 0. The maximum absolute atomic E-state index is 12.6. The highest BCUT2D eigenvalue weighted by molar-refractivity contribution is 5.97. The van der Waals surface area contributed by atoms with Gasteiger partial charge >= 0.3 is 0 Å². The van der Waals surface area contributed by atoms with E-state index in [9.17, 15) is 4.79 Å². The fraction of sp³-hybridized carbons (Fsp3) is 0.333. The lowest BCUT2D eigenvalue weighted by Gasteiger charge is -2.21. The van der Waals surface area contributed by atoms with Crippen LogP contribution in [0.5, 0.6) is 0 Å². The maximum atomic E-state index is 12.6. The first-order valence-electron chi connectivity index (χ1n) is 8.97. The number of aryl methyl sites for hydroxylation is 1. The van der Waals surface area contributed by atoms with Gasteiger partial charge in [0.25, 0.3) is 0 Å². The van der Waals surface area contributed by atoms with E-state index in [4.69, 9.17) is 4.98 Å². The molecule has 0 saturated heterocycles. The Morgan fingerprint density at radius 3 is 2.88 bits per heavy atom. The molecule has 1 unspecified atom stereocenters. The lowest BCUT2D eigenvalue weighted by molar-refractivity contribution is -0.121. The molecule has 128 valence electrons. The van der Waals surface area contributed by atoms with Crippen molar-refractivity contribution in [3.8, 4) is 11.3 Å². The zero-order chi connectivity index (χ0) is 17.6. The number of anilines is 1. The molecule has 0 bridgehead atoms. The van der Waals surface area contributed by atoms with Crippen molar-refractivity contribution in [1.82, 2.24) is 9.38 Å². The van der Waals surface area contributed by atoms with Gasteiger partial charge in [-0.25, -0.2) is 4.98 Å². The lowest BCUT2D eigenvalue weighted by Crippen LogP contribution is -2.33. The normalized spacial score (nSPS) is 14.8. The molecule has 0 fully saturated rings. The van der Waals surface area contributed by atoms with Crippen LogP contribution < -0.4 is 4.90 Å². The molecule has 1 aliphatic heterocycles. The van der Waals surface area contributed by atoms with E-state index >= 15 is 0 Å². The van der Waals surface area contributed by atoms with Crippen LogP contribution in [-0.4, -0.2) is 21.8 Å². The van der Waals surface area contributed by atoms with Gasteiger partial charge in [-0.3, -0.25) is 4.79 Å². The van der Waals surface area contributed by atoms with Gasteiger partial charge in [-0.15, -0.1) is 0 Å². The van der Waals surface area contributed by atoms with E-state index in [0.29, 0.717) is 0 Å². The summed E-state index contributed by atoms with van der Waals surface area (Å²) in [6.07, 6.45) is 5.95. The Bertz CT molecular complexity index is 957. The lowest BCUT2D eigenvalue weighted by atomic mass is 10.1. The third-order valence-corrected chi connectivity index (χ3v) is 5.17. The molecule has 1 aromatic carbocycles. The quantitative estimate of drug-likeness (QED) is 0.719. The van der Waals surface area contributed by atoms with Crippen LogP contribution in [0.2, 0.25) is 0 Å². The van der Waals surface area contributed by atoms with Gasteiger partial charge in [-0.2, -0.15) is 0 Å². The molecule has 4 nitrogen and oxygen atoms in total. The van der Waals surface area contributed by atoms with Crippen LogP contribution >= 0.6 is 0 Å². The largest absolute Gasteiger partial charge is 0.312 e. The maximum Gasteiger partial charge on any atom is 0.229 e. The second kappa shape index (κ2) is 6.03. The third kappa shape index (κ3) is 2.72. The topological polar surface area (TPSA) is 37.6 Å². The molecule has 4 heteroatoms. The van der Waals surface area contributed by atoms with Gasteiger partial charge in [0.2, 0.25) is 5.91 Å². The average molecular weight is 333 g/mol. The molecule has 3 heterocycles. The highest BCUT2D eigenvalue weighted by Crippen LogP contribution is 2.33. The number of carbonyl (C=O) groups is 1. The fourth-order valence-electron chi connectivity index (χ4n) is 3.47. The van der Waals surface area contributed by atoms with Gasteiger partial charge in [-0.05, 0) is 49.1 Å². The molecule has 4 rings (SSSR count). The Labute approximate surface area is 148 Å². The van der Waals surface area contributed by atoms with Gasteiger partial charge in [0.1, 0.15) is 5.65 Å². The molecule has 1 atom stereocenters. The average Bonchev–Trinajstić information content (AvgIpc) is 3.23. The van der Waals surface area contributed by atoms with E-state index in [0.717, 1.165) is 42.0 Å². The Morgan fingerprint density at radius 1 is 1.24 bits per heavy atom. The number of hydrogen-bond donors (Lipinski definition) is 0. The number of aromatic nitrogens is 2. The van der Waals surface area contributed by atoms with Crippen molar-refractivity contribution in [2.45, 2.75) is 33.6 Å². The molecule has 3 aromatic rings. The van der Waals surface area contributed by atoms with E-state index in [1.807, 2.05) is 17.9 Å². The van der Waals surface area contributed by atoms with Gasteiger partial charge < -0.3 is 9.30 Å². The summed E-state index contributed by atoms with van der Waals surface area (Å²) < 4.78 is 2.07. The summed E-state index contributed by atoms with van der Waals surface area (Å²) in [6, 6.07) is 10.5. The van der Waals surface area contributed by atoms with Crippen molar-refractivity contribution < 1.29 is 4.79 Å². The second-order valence-electron chi connectivity index (χ2n) is 6.99. The van der Waals surface area contributed by atoms with Crippen molar-refractivity contribution in [2.24, 2.45) is 5.92 Å². The molecule has 1 amide bonds. The zero-order valence-electron chi connectivity index (χ0n) is 15.0. The van der Waals surface area contributed by atoms with E-state index in [1.165, 1.54) is 11.1 Å². The summed E-state index contributed by atoms with van der Waals surface area (Å²) in [5, 5.41) is 0. The second-order valence-corrected chi connectivity index (χ2v) is 6.99. The summed E-state index contributed by atoms with van der Waals surface area (Å²) in [5.74, 6) is 0.310. The number of carbonyl (C=O) groups excluding carboxylic acids is 1. The summed E-state index contributed by atoms with van der Waals surface area (Å²) in [4.78, 5) is 19.2. The minimum Gasteiger partial charge on any atom is -0.312 e. The Balaban J connectivity index is 1.68. The Kier molecular flexibility index (Phi) is 3.83. The van der Waals surface area contributed by atoms with Gasteiger partial charge in [0, 0.05) is 36.1 Å². The van der Waals surface area contributed by atoms with Crippen molar-refractivity contribution in [3.05, 3.63) is 53.9 Å². The Morgan fingerprint density at radius 2 is 2.08 bits per heavy atom. The monoisotopic (exact) mass is 333 g/mol. The molecule has 1 aliphatic rings. The molecule has 0 spiro atoms. The molecule has 0 radical (unpaired) electrons. The molecule has 0 saturated carbocycles. The number of rotatable bonds is 3. The number of pyridine rings is 1. The van der Waals surface area contributed by atoms with Crippen LogP contribution in [-0.2, 0) is 11.2 Å². The molecular formula is C21H23N3O. The van der Waals surface area contributed by atoms with Crippen molar-refractivity contribution in [1.29, 1.82) is 0 Å². The highest BCUT2D eigenvalue weighted by Gasteiger charge is 2.27. The highest BCUT2D eigenvalue weighted by atomic mass is 16.2. The number of benzene rings is 1. The van der Waals surface area contributed by atoms with Crippen LogP contribution in [0.3, 0.4) is 0 Å². The van der Waals surface area contributed by atoms with Gasteiger partial charge in [-0.1, -0.05) is 26.0 Å². The SMILES string of the molecule is CCC(C)C(=O)N1CCc2cc(-c3cn4cc(C)ccc4n3)ccc21. The predicted molar refractivity (Wildman–Crippen MR) is 101 cm³/mol. The molecule has 0 N–H and O–H groups in total. The standard InChI is InChI=1S/C21H23N3O/c1-4-15(3)21(25)24-10-9-17-11-16(6-7-19(17)24)18-13-23-12-14(2)5-8-20(23)22-18/h5-8,11-13,15H,4,9-10H2,1-3H3. The van der Waals surface area contributed by atoms with E-state index in [-0.39, 0.29) is 11.8 Å². The molecule has 25 heavy (non-hydrogen) atoms.